The van der Waals surface area contributed by atoms with Crippen LogP contribution in [0.2, 0.25) is 5.02 Å². The molecule has 1 aliphatic heterocycles. The summed E-state index contributed by atoms with van der Waals surface area (Å²) in [6.45, 7) is 6.89. The van der Waals surface area contributed by atoms with Gasteiger partial charge in [0.15, 0.2) is 0 Å². The highest BCUT2D eigenvalue weighted by Gasteiger charge is 2.25. The van der Waals surface area contributed by atoms with Crippen LogP contribution in [0.1, 0.15) is 47.9 Å². The minimum absolute atomic E-state index is 0.0107. The molecule has 1 N–H and O–H groups in total. The molecule has 1 fully saturated rings. The zero-order valence-electron chi connectivity index (χ0n) is 16.0. The number of rotatable bonds is 4. The summed E-state index contributed by atoms with van der Waals surface area (Å²) in [5.74, 6) is 0.0191. The monoisotopic (exact) mass is 388 g/mol. The number of carbonyl (C=O) groups excluding carboxylic acids is 2. The molecule has 27 heavy (non-hydrogen) atoms. The molecule has 0 bridgehead atoms. The van der Waals surface area contributed by atoms with E-state index in [-0.39, 0.29) is 17.9 Å². The van der Waals surface area contributed by atoms with Gasteiger partial charge in [0.1, 0.15) is 0 Å². The van der Waals surface area contributed by atoms with Gasteiger partial charge in [0.05, 0.1) is 22.1 Å². The number of likely N-dealkylation sites (tertiary alicyclic amines) is 1. The van der Waals surface area contributed by atoms with Crippen molar-refractivity contribution in [3.63, 3.8) is 0 Å². The molecule has 1 atom stereocenters. The van der Waals surface area contributed by atoms with E-state index in [4.69, 9.17) is 11.6 Å². The molecule has 1 aromatic heterocycles. The van der Waals surface area contributed by atoms with Crippen LogP contribution in [0.5, 0.6) is 0 Å². The molecule has 144 valence electrons. The summed E-state index contributed by atoms with van der Waals surface area (Å²) >= 11 is 6.22. The number of carbonyl (C=O) groups is 2. The van der Waals surface area contributed by atoms with Gasteiger partial charge in [-0.3, -0.25) is 9.59 Å². The Kier molecular flexibility index (Phi) is 5.85. The van der Waals surface area contributed by atoms with Gasteiger partial charge in [-0.1, -0.05) is 18.5 Å². The van der Waals surface area contributed by atoms with Gasteiger partial charge in [-0.2, -0.15) is 5.10 Å². The fraction of sp³-hybridized carbons (Fsp3) is 0.450. The van der Waals surface area contributed by atoms with Crippen molar-refractivity contribution in [2.45, 2.75) is 46.1 Å². The summed E-state index contributed by atoms with van der Waals surface area (Å²) < 4.78 is 1.78. The Morgan fingerprint density at radius 3 is 2.56 bits per heavy atom. The zero-order chi connectivity index (χ0) is 19.6. The fourth-order valence-electron chi connectivity index (χ4n) is 3.41. The maximum Gasteiger partial charge on any atom is 0.253 e. The summed E-state index contributed by atoms with van der Waals surface area (Å²) in [7, 11) is 0. The molecule has 0 saturated carbocycles. The number of hydrogen-bond donors (Lipinski definition) is 1. The van der Waals surface area contributed by atoms with E-state index in [0.717, 1.165) is 29.9 Å². The molecule has 0 spiro atoms. The Morgan fingerprint density at radius 2 is 1.96 bits per heavy atom. The number of nitrogens with zero attached hydrogens (tertiary/aromatic N) is 3. The molecule has 1 saturated heterocycles. The number of amides is 2. The largest absolute Gasteiger partial charge is 0.352 e. The molecule has 0 aliphatic carbocycles. The van der Waals surface area contributed by atoms with Crippen molar-refractivity contribution in [2.24, 2.45) is 0 Å². The van der Waals surface area contributed by atoms with E-state index >= 15 is 0 Å². The third-order valence-electron chi connectivity index (χ3n) is 4.96. The number of benzene rings is 1. The van der Waals surface area contributed by atoms with Crippen molar-refractivity contribution < 1.29 is 9.59 Å². The zero-order valence-corrected chi connectivity index (χ0v) is 16.7. The first-order chi connectivity index (χ1) is 12.9. The van der Waals surface area contributed by atoms with Gasteiger partial charge in [0, 0.05) is 31.1 Å². The molecule has 0 radical (unpaired) electrons. The number of halogens is 1. The molecule has 3 rings (SSSR count). The van der Waals surface area contributed by atoms with Crippen LogP contribution in [-0.4, -0.2) is 45.6 Å². The van der Waals surface area contributed by atoms with Crippen molar-refractivity contribution in [2.75, 3.05) is 13.1 Å². The Bertz CT molecular complexity index is 844. The smallest absolute Gasteiger partial charge is 0.253 e. The first kappa shape index (κ1) is 19.4. The van der Waals surface area contributed by atoms with Gasteiger partial charge in [0.25, 0.3) is 5.91 Å². The minimum atomic E-state index is -0.0107. The molecule has 1 aromatic carbocycles. The second kappa shape index (κ2) is 8.13. The molecule has 1 unspecified atom stereocenters. The second-order valence-electron chi connectivity index (χ2n) is 6.95. The number of hydrogen-bond acceptors (Lipinski definition) is 3. The van der Waals surface area contributed by atoms with E-state index < -0.39 is 0 Å². The lowest BCUT2D eigenvalue weighted by Crippen LogP contribution is -2.49. The fourth-order valence-corrected chi connectivity index (χ4v) is 3.53. The summed E-state index contributed by atoms with van der Waals surface area (Å²) in [5, 5.41) is 8.09. The first-order valence-corrected chi connectivity index (χ1v) is 9.69. The van der Waals surface area contributed by atoms with Crippen LogP contribution in [0.15, 0.2) is 24.3 Å². The predicted molar refractivity (Wildman–Crippen MR) is 105 cm³/mol. The van der Waals surface area contributed by atoms with Crippen LogP contribution in [0.4, 0.5) is 0 Å². The maximum absolute atomic E-state index is 12.8. The van der Waals surface area contributed by atoms with Gasteiger partial charge in [-0.15, -0.1) is 0 Å². The molecule has 1 aliphatic rings. The van der Waals surface area contributed by atoms with Crippen LogP contribution in [0.3, 0.4) is 0 Å². The van der Waals surface area contributed by atoms with Crippen LogP contribution in [-0.2, 0) is 4.79 Å². The standard InChI is InChI=1S/C20H25ClN4O2/c1-4-18(26)22-16-6-5-11-24(12-16)20(27)15-7-9-17(10-8-15)25-14(3)19(21)13(2)23-25/h7-10,16H,4-6,11-12H2,1-3H3,(H,22,26). The van der Waals surface area contributed by atoms with Gasteiger partial charge >= 0.3 is 0 Å². The lowest BCUT2D eigenvalue weighted by Gasteiger charge is -2.33. The first-order valence-electron chi connectivity index (χ1n) is 9.31. The van der Waals surface area contributed by atoms with Crippen molar-refractivity contribution in [1.82, 2.24) is 20.0 Å². The number of nitrogens with one attached hydrogen (secondary N) is 1. The molecule has 2 heterocycles. The Hall–Kier alpha value is -2.34. The van der Waals surface area contributed by atoms with Crippen molar-refractivity contribution in [1.29, 1.82) is 0 Å². The third-order valence-corrected chi connectivity index (χ3v) is 5.50. The van der Waals surface area contributed by atoms with E-state index in [0.29, 0.717) is 30.1 Å². The third kappa shape index (κ3) is 4.16. The summed E-state index contributed by atoms with van der Waals surface area (Å²) in [4.78, 5) is 26.3. The average Bonchev–Trinajstić information content (AvgIpc) is 2.95. The van der Waals surface area contributed by atoms with Gasteiger partial charge in [0.2, 0.25) is 5.91 Å². The lowest BCUT2D eigenvalue weighted by molar-refractivity contribution is -0.121. The van der Waals surface area contributed by atoms with E-state index in [1.807, 2.05) is 49.9 Å². The topological polar surface area (TPSA) is 67.2 Å². The molecular formula is C20H25ClN4O2. The summed E-state index contributed by atoms with van der Waals surface area (Å²) in [6.07, 6.45) is 2.26. The molecule has 2 aromatic rings. The Morgan fingerprint density at radius 1 is 1.26 bits per heavy atom. The summed E-state index contributed by atoms with van der Waals surface area (Å²) in [6, 6.07) is 7.42. The maximum atomic E-state index is 12.8. The molecule has 7 heteroatoms. The highest BCUT2D eigenvalue weighted by molar-refractivity contribution is 6.31. The van der Waals surface area contributed by atoms with E-state index in [1.165, 1.54) is 0 Å². The predicted octanol–water partition coefficient (Wildman–Crippen LogP) is 3.27. The lowest BCUT2D eigenvalue weighted by atomic mass is 10.0. The molecule has 2 amide bonds. The Labute approximate surface area is 164 Å². The highest BCUT2D eigenvalue weighted by atomic mass is 35.5. The van der Waals surface area contributed by atoms with Crippen LogP contribution < -0.4 is 5.32 Å². The quantitative estimate of drug-likeness (QED) is 0.874. The van der Waals surface area contributed by atoms with E-state index in [9.17, 15) is 9.59 Å². The molecule has 6 nitrogen and oxygen atoms in total. The van der Waals surface area contributed by atoms with Gasteiger partial charge in [-0.05, 0) is 51.0 Å². The summed E-state index contributed by atoms with van der Waals surface area (Å²) in [5.41, 5.74) is 3.15. The SMILES string of the molecule is CCC(=O)NC1CCCN(C(=O)c2ccc(-n3nc(C)c(Cl)c3C)cc2)C1. The molecular weight excluding hydrogens is 364 g/mol. The normalized spacial score (nSPS) is 17.0. The second-order valence-corrected chi connectivity index (χ2v) is 7.33. The van der Waals surface area contributed by atoms with Crippen LogP contribution in [0, 0.1) is 13.8 Å². The van der Waals surface area contributed by atoms with Crippen LogP contribution in [0.25, 0.3) is 5.69 Å². The number of aromatic nitrogens is 2. The average molecular weight is 389 g/mol. The number of piperidine rings is 1. The highest BCUT2D eigenvalue weighted by Crippen LogP contribution is 2.23. The van der Waals surface area contributed by atoms with E-state index in [2.05, 4.69) is 10.4 Å². The van der Waals surface area contributed by atoms with Gasteiger partial charge < -0.3 is 10.2 Å². The van der Waals surface area contributed by atoms with E-state index in [1.54, 1.807) is 4.68 Å². The van der Waals surface area contributed by atoms with Crippen molar-refractivity contribution in [3.8, 4) is 5.69 Å². The Balaban J connectivity index is 1.72. The van der Waals surface area contributed by atoms with Crippen molar-refractivity contribution in [3.05, 3.63) is 46.2 Å². The number of aryl methyl sites for hydroxylation is 1. The van der Waals surface area contributed by atoms with Gasteiger partial charge in [-0.25, -0.2) is 4.68 Å². The van der Waals surface area contributed by atoms with Crippen molar-refractivity contribution >= 4 is 23.4 Å². The van der Waals surface area contributed by atoms with Crippen LogP contribution >= 0.6 is 11.6 Å². The minimum Gasteiger partial charge on any atom is -0.352 e.